The van der Waals surface area contributed by atoms with Crippen LogP contribution in [0, 0.1) is 11.8 Å². The Balaban J connectivity index is 1.53. The maximum atomic E-state index is 12.5. The number of amides is 2. The number of halogens is 2. The number of benzene rings is 2. The molecule has 2 aromatic rings. The SMILES string of the molecule is O=C(COC(=O)c1ccc(NC(=O)C2CC=CCC2C(=O)O)cc1)Nc1cccc(Cl)c1Cl. The molecule has 0 radical (unpaired) electrons. The summed E-state index contributed by atoms with van der Waals surface area (Å²) >= 11 is 11.9. The number of nitrogens with one attached hydrogen (secondary N) is 2. The highest BCUT2D eigenvalue weighted by molar-refractivity contribution is 6.44. The van der Waals surface area contributed by atoms with Crippen molar-refractivity contribution in [2.45, 2.75) is 12.8 Å². The van der Waals surface area contributed by atoms with Crippen LogP contribution >= 0.6 is 23.2 Å². The highest BCUT2D eigenvalue weighted by Crippen LogP contribution is 2.29. The number of hydrogen-bond acceptors (Lipinski definition) is 5. The van der Waals surface area contributed by atoms with Crippen LogP contribution < -0.4 is 10.6 Å². The maximum absolute atomic E-state index is 12.5. The van der Waals surface area contributed by atoms with Gasteiger partial charge in [0.05, 0.1) is 33.1 Å². The second-order valence-electron chi connectivity index (χ2n) is 7.29. The van der Waals surface area contributed by atoms with Crippen molar-refractivity contribution in [2.24, 2.45) is 11.8 Å². The summed E-state index contributed by atoms with van der Waals surface area (Å²) in [4.78, 5) is 48.1. The number of carbonyl (C=O) groups is 4. The molecule has 0 saturated carbocycles. The second kappa shape index (κ2) is 11.0. The van der Waals surface area contributed by atoms with E-state index in [2.05, 4.69) is 10.6 Å². The third-order valence-corrected chi connectivity index (χ3v) is 5.85. The lowest BCUT2D eigenvalue weighted by Gasteiger charge is -2.24. The fourth-order valence-electron chi connectivity index (χ4n) is 3.30. The van der Waals surface area contributed by atoms with Gasteiger partial charge in [-0.25, -0.2) is 4.79 Å². The van der Waals surface area contributed by atoms with Crippen molar-refractivity contribution in [1.82, 2.24) is 0 Å². The number of carboxylic acids is 1. The third-order valence-electron chi connectivity index (χ3n) is 5.03. The van der Waals surface area contributed by atoms with Gasteiger partial charge in [-0.05, 0) is 49.2 Å². The van der Waals surface area contributed by atoms with Crippen molar-refractivity contribution in [3.8, 4) is 0 Å². The van der Waals surface area contributed by atoms with Gasteiger partial charge in [0, 0.05) is 5.69 Å². The van der Waals surface area contributed by atoms with Crippen LogP contribution in [0.5, 0.6) is 0 Å². The van der Waals surface area contributed by atoms with Gasteiger partial charge in [-0.1, -0.05) is 41.4 Å². The van der Waals surface area contributed by atoms with Crippen LogP contribution in [0.2, 0.25) is 10.0 Å². The molecule has 0 spiro atoms. The van der Waals surface area contributed by atoms with E-state index in [0.717, 1.165) is 0 Å². The molecule has 3 rings (SSSR count). The Bertz CT molecular complexity index is 1100. The molecule has 172 valence electrons. The first-order valence-electron chi connectivity index (χ1n) is 9.96. The van der Waals surface area contributed by atoms with E-state index in [4.69, 9.17) is 27.9 Å². The fourth-order valence-corrected chi connectivity index (χ4v) is 3.65. The molecule has 1 aliphatic rings. The lowest BCUT2D eigenvalue weighted by molar-refractivity contribution is -0.146. The third kappa shape index (κ3) is 6.34. The van der Waals surface area contributed by atoms with E-state index in [9.17, 15) is 24.3 Å². The number of anilines is 2. The number of carboxylic acid groups (broad SMARTS) is 1. The predicted molar refractivity (Wildman–Crippen MR) is 123 cm³/mol. The largest absolute Gasteiger partial charge is 0.481 e. The molecule has 0 heterocycles. The van der Waals surface area contributed by atoms with Gasteiger partial charge in [0.2, 0.25) is 5.91 Å². The van der Waals surface area contributed by atoms with Crippen molar-refractivity contribution >= 4 is 58.3 Å². The average Bonchev–Trinajstić information content (AvgIpc) is 2.81. The van der Waals surface area contributed by atoms with Crippen molar-refractivity contribution in [1.29, 1.82) is 0 Å². The van der Waals surface area contributed by atoms with Crippen LogP contribution in [0.15, 0.2) is 54.6 Å². The molecule has 0 saturated heterocycles. The topological polar surface area (TPSA) is 122 Å². The van der Waals surface area contributed by atoms with Gasteiger partial charge >= 0.3 is 11.9 Å². The summed E-state index contributed by atoms with van der Waals surface area (Å²) in [6, 6.07) is 10.6. The zero-order chi connectivity index (χ0) is 24.0. The number of allylic oxidation sites excluding steroid dienone is 2. The first-order valence-corrected chi connectivity index (χ1v) is 10.7. The van der Waals surface area contributed by atoms with E-state index in [1.807, 2.05) is 0 Å². The maximum Gasteiger partial charge on any atom is 0.338 e. The molecule has 8 nitrogen and oxygen atoms in total. The Labute approximate surface area is 199 Å². The van der Waals surface area contributed by atoms with E-state index in [0.29, 0.717) is 24.2 Å². The molecule has 2 amide bonds. The van der Waals surface area contributed by atoms with Crippen LogP contribution in [0.1, 0.15) is 23.2 Å². The Kier molecular flexibility index (Phi) is 8.08. The highest BCUT2D eigenvalue weighted by atomic mass is 35.5. The van der Waals surface area contributed by atoms with Crippen LogP contribution in [0.4, 0.5) is 11.4 Å². The van der Waals surface area contributed by atoms with Gasteiger partial charge in [0.1, 0.15) is 0 Å². The molecule has 33 heavy (non-hydrogen) atoms. The van der Waals surface area contributed by atoms with E-state index in [-0.39, 0.29) is 15.6 Å². The average molecular weight is 491 g/mol. The molecule has 1 aliphatic carbocycles. The summed E-state index contributed by atoms with van der Waals surface area (Å²) < 4.78 is 5.00. The van der Waals surface area contributed by atoms with Gasteiger partial charge in [-0.3, -0.25) is 14.4 Å². The molecule has 3 N–H and O–H groups in total. The van der Waals surface area contributed by atoms with Crippen molar-refractivity contribution in [3.63, 3.8) is 0 Å². The summed E-state index contributed by atoms with van der Waals surface area (Å²) in [5, 5.41) is 14.9. The number of aliphatic carboxylic acids is 1. The smallest absolute Gasteiger partial charge is 0.338 e. The normalized spacial score (nSPS) is 17.2. The second-order valence-corrected chi connectivity index (χ2v) is 8.07. The molecule has 2 atom stereocenters. The molecule has 0 fully saturated rings. The van der Waals surface area contributed by atoms with E-state index in [1.54, 1.807) is 30.4 Å². The number of carbonyl (C=O) groups excluding carboxylic acids is 3. The minimum absolute atomic E-state index is 0.172. The summed E-state index contributed by atoms with van der Waals surface area (Å²) in [5.41, 5.74) is 0.873. The fraction of sp³-hybridized carbons (Fsp3) is 0.217. The molecule has 2 unspecified atom stereocenters. The first-order chi connectivity index (χ1) is 15.8. The lowest BCUT2D eigenvalue weighted by Crippen LogP contribution is -2.34. The minimum Gasteiger partial charge on any atom is -0.481 e. The van der Waals surface area contributed by atoms with Gasteiger partial charge in [-0.15, -0.1) is 0 Å². The predicted octanol–water partition coefficient (Wildman–Crippen LogP) is 4.39. The van der Waals surface area contributed by atoms with E-state index >= 15 is 0 Å². The van der Waals surface area contributed by atoms with Crippen LogP contribution in [-0.4, -0.2) is 35.5 Å². The Morgan fingerprint density at radius 2 is 1.61 bits per heavy atom. The van der Waals surface area contributed by atoms with Gasteiger partial charge in [0.15, 0.2) is 6.61 Å². The standard InChI is InChI=1S/C23H20Cl2N2O6/c24-17-6-3-7-18(20(17)25)27-19(28)12-33-23(32)13-8-10-14(11-9-13)26-21(29)15-4-1-2-5-16(15)22(30)31/h1-3,6-11,15-16H,4-5,12H2,(H,26,29)(H,27,28)(H,30,31). The molecule has 0 aromatic heterocycles. The summed E-state index contributed by atoms with van der Waals surface area (Å²) in [6.45, 7) is -0.536. The van der Waals surface area contributed by atoms with Crippen molar-refractivity contribution in [3.05, 3.63) is 70.2 Å². The zero-order valence-electron chi connectivity index (χ0n) is 17.2. The molecule has 0 bridgehead atoms. The van der Waals surface area contributed by atoms with Crippen molar-refractivity contribution in [2.75, 3.05) is 17.2 Å². The number of hydrogen-bond donors (Lipinski definition) is 3. The highest BCUT2D eigenvalue weighted by Gasteiger charge is 2.33. The summed E-state index contributed by atoms with van der Waals surface area (Å²) in [5.74, 6) is -4.20. The molecular weight excluding hydrogens is 471 g/mol. The lowest BCUT2D eigenvalue weighted by atomic mass is 9.82. The number of ether oxygens (including phenoxy) is 1. The van der Waals surface area contributed by atoms with Gasteiger partial charge in [0.25, 0.3) is 5.91 Å². The molecule has 2 aromatic carbocycles. The zero-order valence-corrected chi connectivity index (χ0v) is 18.7. The van der Waals surface area contributed by atoms with Crippen LogP contribution in [-0.2, 0) is 19.1 Å². The monoisotopic (exact) mass is 490 g/mol. The quantitative estimate of drug-likeness (QED) is 0.390. The number of esters is 1. The van der Waals surface area contributed by atoms with Crippen molar-refractivity contribution < 1.29 is 29.0 Å². The molecule has 0 aliphatic heterocycles. The summed E-state index contributed by atoms with van der Waals surface area (Å²) in [7, 11) is 0. The van der Waals surface area contributed by atoms with E-state index < -0.39 is 42.2 Å². The summed E-state index contributed by atoms with van der Waals surface area (Å²) in [6.07, 6.45) is 4.19. The van der Waals surface area contributed by atoms with Gasteiger partial charge < -0.3 is 20.5 Å². The Hall–Kier alpha value is -3.36. The van der Waals surface area contributed by atoms with E-state index in [1.165, 1.54) is 24.3 Å². The molecular formula is C23H20Cl2N2O6. The van der Waals surface area contributed by atoms with Gasteiger partial charge in [-0.2, -0.15) is 0 Å². The molecule has 10 heteroatoms. The number of rotatable bonds is 7. The van der Waals surface area contributed by atoms with Crippen LogP contribution in [0.3, 0.4) is 0 Å². The Morgan fingerprint density at radius 1 is 0.939 bits per heavy atom. The Morgan fingerprint density at radius 3 is 2.27 bits per heavy atom. The first kappa shape index (κ1) is 24.3. The minimum atomic E-state index is -1.01. The van der Waals surface area contributed by atoms with Crippen LogP contribution in [0.25, 0.3) is 0 Å².